The second-order valence-corrected chi connectivity index (χ2v) is 3.34. The Morgan fingerprint density at radius 3 is 2.85 bits per heavy atom. The summed E-state index contributed by atoms with van der Waals surface area (Å²) in [7, 11) is 0. The number of ether oxygens (including phenoxy) is 1. The zero-order valence-electron chi connectivity index (χ0n) is 8.20. The van der Waals surface area contributed by atoms with Gasteiger partial charge in [-0.3, -0.25) is 5.10 Å². The van der Waals surface area contributed by atoms with E-state index < -0.39 is 0 Å². The summed E-state index contributed by atoms with van der Waals surface area (Å²) in [6, 6.07) is 0. The molecule has 0 fully saturated rings. The first-order valence-corrected chi connectivity index (χ1v) is 4.79. The van der Waals surface area contributed by atoms with E-state index in [1.807, 2.05) is 25.3 Å². The molecule has 1 atom stereocenters. The van der Waals surface area contributed by atoms with E-state index in [0.29, 0.717) is 4.77 Å². The lowest BCUT2D eigenvalue weighted by Gasteiger charge is -2.12. The fourth-order valence-electron chi connectivity index (χ4n) is 1.21. The van der Waals surface area contributed by atoms with Gasteiger partial charge in [0, 0.05) is 6.61 Å². The molecule has 1 N–H and O–H groups in total. The van der Waals surface area contributed by atoms with Gasteiger partial charge >= 0.3 is 0 Å². The Morgan fingerprint density at radius 1 is 1.69 bits per heavy atom. The number of aryl methyl sites for hydroxylation is 1. The molecule has 0 saturated heterocycles. The van der Waals surface area contributed by atoms with Crippen molar-refractivity contribution in [2.24, 2.45) is 0 Å². The van der Waals surface area contributed by atoms with Crippen molar-refractivity contribution in [3.05, 3.63) is 10.6 Å². The van der Waals surface area contributed by atoms with Crippen molar-refractivity contribution in [3.8, 4) is 0 Å². The van der Waals surface area contributed by atoms with Gasteiger partial charge in [-0.1, -0.05) is 0 Å². The molecule has 0 bridgehead atoms. The molecule has 0 spiro atoms. The van der Waals surface area contributed by atoms with Crippen molar-refractivity contribution < 1.29 is 4.74 Å². The number of aromatic amines is 1. The first-order valence-electron chi connectivity index (χ1n) is 4.38. The average Bonchev–Trinajstić information content (AvgIpc) is 2.36. The van der Waals surface area contributed by atoms with Crippen LogP contribution >= 0.6 is 12.2 Å². The van der Waals surface area contributed by atoms with Crippen LogP contribution in [0.3, 0.4) is 0 Å². The van der Waals surface area contributed by atoms with Crippen LogP contribution in [0.15, 0.2) is 0 Å². The molecule has 13 heavy (non-hydrogen) atoms. The van der Waals surface area contributed by atoms with Gasteiger partial charge in [0.1, 0.15) is 5.82 Å². The Bertz CT molecular complexity index is 317. The number of hydrogen-bond donors (Lipinski definition) is 1. The molecule has 0 saturated carbocycles. The van der Waals surface area contributed by atoms with Crippen LogP contribution < -0.4 is 0 Å². The molecule has 1 heterocycles. The van der Waals surface area contributed by atoms with Crippen molar-refractivity contribution in [1.29, 1.82) is 0 Å². The van der Waals surface area contributed by atoms with Gasteiger partial charge in [-0.15, -0.1) is 0 Å². The number of hydrogen-bond acceptors (Lipinski definition) is 3. The molecule has 5 heteroatoms. The van der Waals surface area contributed by atoms with Crippen molar-refractivity contribution >= 4 is 12.2 Å². The van der Waals surface area contributed by atoms with Crippen LogP contribution in [0, 0.1) is 11.7 Å². The summed E-state index contributed by atoms with van der Waals surface area (Å²) < 4.78 is 8.01. The molecule has 74 valence electrons. The maximum absolute atomic E-state index is 5.42. The lowest BCUT2D eigenvalue weighted by atomic mass is 10.4. The fraction of sp³-hybridized carbons (Fsp3) is 0.750. The Morgan fingerprint density at radius 2 is 2.38 bits per heavy atom. The van der Waals surface area contributed by atoms with E-state index in [0.717, 1.165) is 19.0 Å². The largest absolute Gasteiger partial charge is 0.377 e. The molecular weight excluding hydrogens is 186 g/mol. The number of nitrogens with one attached hydrogen (secondary N) is 1. The highest BCUT2D eigenvalue weighted by molar-refractivity contribution is 7.71. The highest BCUT2D eigenvalue weighted by Crippen LogP contribution is 2.00. The lowest BCUT2D eigenvalue weighted by Crippen LogP contribution is -2.17. The Kier molecular flexibility index (Phi) is 3.62. The number of H-pyrrole nitrogens is 1. The van der Waals surface area contributed by atoms with Crippen LogP contribution in [0.5, 0.6) is 0 Å². The van der Waals surface area contributed by atoms with E-state index in [4.69, 9.17) is 17.0 Å². The molecule has 0 amide bonds. The van der Waals surface area contributed by atoms with Gasteiger partial charge in [0.2, 0.25) is 0 Å². The monoisotopic (exact) mass is 201 g/mol. The lowest BCUT2D eigenvalue weighted by molar-refractivity contribution is 0.0632. The van der Waals surface area contributed by atoms with E-state index in [2.05, 4.69) is 10.2 Å². The Balaban J connectivity index is 2.68. The van der Waals surface area contributed by atoms with Gasteiger partial charge < -0.3 is 9.30 Å². The van der Waals surface area contributed by atoms with Crippen LogP contribution in [0.25, 0.3) is 0 Å². The number of nitrogens with zero attached hydrogens (tertiary/aromatic N) is 2. The summed E-state index contributed by atoms with van der Waals surface area (Å²) in [5.74, 6) is 0.900. The van der Waals surface area contributed by atoms with Crippen LogP contribution in [-0.2, 0) is 11.3 Å². The highest BCUT2D eigenvalue weighted by atomic mass is 32.1. The fourth-order valence-corrected chi connectivity index (χ4v) is 1.46. The molecule has 0 aliphatic rings. The summed E-state index contributed by atoms with van der Waals surface area (Å²) >= 11 is 5.06. The molecule has 1 aromatic rings. The van der Waals surface area contributed by atoms with Crippen molar-refractivity contribution in [3.63, 3.8) is 0 Å². The average molecular weight is 201 g/mol. The molecule has 1 aromatic heterocycles. The van der Waals surface area contributed by atoms with Crippen LogP contribution in [0.2, 0.25) is 0 Å². The molecule has 4 nitrogen and oxygen atoms in total. The molecule has 0 aliphatic carbocycles. The zero-order chi connectivity index (χ0) is 9.84. The topological polar surface area (TPSA) is 42.8 Å². The highest BCUT2D eigenvalue weighted by Gasteiger charge is 2.06. The summed E-state index contributed by atoms with van der Waals surface area (Å²) in [5.41, 5.74) is 0. The Labute approximate surface area is 82.9 Å². The van der Waals surface area contributed by atoms with E-state index in [1.54, 1.807) is 0 Å². The van der Waals surface area contributed by atoms with Crippen molar-refractivity contribution in [2.45, 2.75) is 33.4 Å². The first-order chi connectivity index (χ1) is 6.15. The maximum atomic E-state index is 5.42. The minimum Gasteiger partial charge on any atom is -0.377 e. The second-order valence-electron chi connectivity index (χ2n) is 2.95. The normalized spacial score (nSPS) is 13.2. The zero-order valence-corrected chi connectivity index (χ0v) is 9.02. The van der Waals surface area contributed by atoms with E-state index in [1.165, 1.54) is 0 Å². The van der Waals surface area contributed by atoms with Crippen LogP contribution in [0.1, 0.15) is 19.7 Å². The summed E-state index contributed by atoms with van der Waals surface area (Å²) in [6.45, 7) is 7.42. The third-order valence-electron chi connectivity index (χ3n) is 1.84. The number of aromatic nitrogens is 3. The SMILES string of the molecule is CCOC(C)Cn1c(C)n[nH]c1=S. The van der Waals surface area contributed by atoms with E-state index in [-0.39, 0.29) is 6.10 Å². The quantitative estimate of drug-likeness (QED) is 0.754. The Hall–Kier alpha value is -0.680. The molecular formula is C8H15N3OS. The van der Waals surface area contributed by atoms with Gasteiger partial charge in [-0.25, -0.2) is 0 Å². The predicted octanol–water partition coefficient (Wildman–Crippen LogP) is 1.67. The first kappa shape index (κ1) is 10.4. The van der Waals surface area contributed by atoms with Crippen molar-refractivity contribution in [1.82, 2.24) is 14.8 Å². The minimum absolute atomic E-state index is 0.174. The van der Waals surface area contributed by atoms with Gasteiger partial charge in [0.25, 0.3) is 0 Å². The van der Waals surface area contributed by atoms with Crippen molar-refractivity contribution in [2.75, 3.05) is 6.61 Å². The minimum atomic E-state index is 0.174. The number of rotatable bonds is 4. The standard InChI is InChI=1S/C8H15N3OS/c1-4-12-6(2)5-11-7(3)9-10-8(11)13/h6H,4-5H2,1-3H3,(H,10,13). The predicted molar refractivity (Wildman–Crippen MR) is 53.2 cm³/mol. The summed E-state index contributed by atoms with van der Waals surface area (Å²) in [4.78, 5) is 0. The van der Waals surface area contributed by atoms with Crippen LogP contribution in [-0.4, -0.2) is 27.5 Å². The molecule has 0 radical (unpaired) electrons. The molecule has 1 rings (SSSR count). The van der Waals surface area contributed by atoms with Gasteiger partial charge in [0.05, 0.1) is 12.6 Å². The molecule has 0 aromatic carbocycles. The van der Waals surface area contributed by atoms with Gasteiger partial charge in [-0.2, -0.15) is 5.10 Å². The molecule has 1 unspecified atom stereocenters. The van der Waals surface area contributed by atoms with E-state index in [9.17, 15) is 0 Å². The van der Waals surface area contributed by atoms with E-state index >= 15 is 0 Å². The maximum Gasteiger partial charge on any atom is 0.195 e. The molecule has 0 aliphatic heterocycles. The second kappa shape index (κ2) is 4.53. The van der Waals surface area contributed by atoms with Gasteiger partial charge in [-0.05, 0) is 33.0 Å². The summed E-state index contributed by atoms with van der Waals surface area (Å²) in [5, 5.41) is 6.76. The summed E-state index contributed by atoms with van der Waals surface area (Å²) in [6.07, 6.45) is 0.174. The van der Waals surface area contributed by atoms with Gasteiger partial charge in [0.15, 0.2) is 4.77 Å². The smallest absolute Gasteiger partial charge is 0.195 e. The van der Waals surface area contributed by atoms with Crippen LogP contribution in [0.4, 0.5) is 0 Å². The third kappa shape index (κ3) is 2.63. The third-order valence-corrected chi connectivity index (χ3v) is 2.15.